The van der Waals surface area contributed by atoms with Crippen LogP contribution in [-0.2, 0) is 18.6 Å². The van der Waals surface area contributed by atoms with Crippen molar-refractivity contribution in [3.05, 3.63) is 47.8 Å². The molecule has 4 nitrogen and oxygen atoms in total. The highest BCUT2D eigenvalue weighted by Gasteiger charge is 2.24. The van der Waals surface area contributed by atoms with Gasteiger partial charge in [0.2, 0.25) is 0 Å². The molecule has 2 rings (SSSR count). The minimum atomic E-state index is -0.963. The zero-order chi connectivity index (χ0) is 13.2. The molecule has 0 spiro atoms. The fraction of sp³-hybridized carbons (Fsp3) is 0.357. The van der Waals surface area contributed by atoms with Crippen molar-refractivity contribution in [1.29, 1.82) is 0 Å². The summed E-state index contributed by atoms with van der Waals surface area (Å²) in [5.74, 6) is 0.202. The summed E-state index contributed by atoms with van der Waals surface area (Å²) in [6.45, 7) is 4.61. The minimum absolute atomic E-state index is 0.202. The number of benzene rings is 1. The van der Waals surface area contributed by atoms with Crippen molar-refractivity contribution in [3.8, 4) is 5.75 Å². The first-order valence-corrected chi connectivity index (χ1v) is 6.04. The van der Waals surface area contributed by atoms with E-state index in [0.29, 0.717) is 6.42 Å². The first kappa shape index (κ1) is 12.6. The van der Waals surface area contributed by atoms with Crippen LogP contribution in [0.1, 0.15) is 25.0 Å². The van der Waals surface area contributed by atoms with E-state index >= 15 is 0 Å². The van der Waals surface area contributed by atoms with Crippen molar-refractivity contribution in [2.75, 3.05) is 0 Å². The second kappa shape index (κ2) is 4.82. The Balaban J connectivity index is 2.18. The van der Waals surface area contributed by atoms with Crippen LogP contribution in [0.5, 0.6) is 5.75 Å². The van der Waals surface area contributed by atoms with Crippen LogP contribution in [0.2, 0.25) is 0 Å². The average molecular weight is 246 g/mol. The van der Waals surface area contributed by atoms with Gasteiger partial charge < -0.3 is 10.2 Å². The Bertz CT molecular complexity index is 515. The number of aliphatic hydroxyl groups is 1. The fourth-order valence-corrected chi connectivity index (χ4v) is 1.99. The van der Waals surface area contributed by atoms with E-state index < -0.39 is 5.60 Å². The summed E-state index contributed by atoms with van der Waals surface area (Å²) in [5.41, 5.74) is 0.814. The Kier molecular flexibility index (Phi) is 3.39. The van der Waals surface area contributed by atoms with Crippen LogP contribution < -0.4 is 0 Å². The van der Waals surface area contributed by atoms with Gasteiger partial charge in [0.25, 0.3) is 0 Å². The second-order valence-electron chi connectivity index (χ2n) is 4.70. The molecule has 0 radical (unpaired) electrons. The van der Waals surface area contributed by atoms with Crippen LogP contribution >= 0.6 is 0 Å². The quantitative estimate of drug-likeness (QED) is 0.868. The van der Waals surface area contributed by atoms with Gasteiger partial charge in [-0.1, -0.05) is 12.1 Å². The summed E-state index contributed by atoms with van der Waals surface area (Å²) in [6, 6.07) is 6.64. The number of rotatable bonds is 4. The van der Waals surface area contributed by atoms with Gasteiger partial charge in [0.15, 0.2) is 0 Å². The number of aryl methyl sites for hydroxylation is 1. The number of phenolic OH excluding ortho intramolecular Hbond substituents is 1. The number of aromatic hydroxyl groups is 1. The molecular formula is C14H18N2O2. The average Bonchev–Trinajstić information content (AvgIpc) is 2.76. The summed E-state index contributed by atoms with van der Waals surface area (Å²) < 4.78 is 1.84. The number of nitrogens with zero attached hydrogens (tertiary/aromatic N) is 2. The Hall–Kier alpha value is -1.81. The highest BCUT2D eigenvalue weighted by Crippen LogP contribution is 2.26. The van der Waals surface area contributed by atoms with E-state index in [-0.39, 0.29) is 5.75 Å². The maximum atomic E-state index is 10.5. The molecule has 2 aromatic rings. The van der Waals surface area contributed by atoms with Crippen molar-refractivity contribution in [2.24, 2.45) is 0 Å². The molecule has 0 bridgehead atoms. The largest absolute Gasteiger partial charge is 0.508 e. The van der Waals surface area contributed by atoms with Crippen LogP contribution in [0.25, 0.3) is 0 Å². The van der Waals surface area contributed by atoms with Gasteiger partial charge in [-0.25, -0.2) is 0 Å². The molecule has 1 unspecified atom stereocenters. The zero-order valence-corrected chi connectivity index (χ0v) is 10.7. The van der Waals surface area contributed by atoms with Gasteiger partial charge in [0.05, 0.1) is 11.8 Å². The molecule has 1 aromatic carbocycles. The van der Waals surface area contributed by atoms with Crippen LogP contribution in [0.4, 0.5) is 0 Å². The summed E-state index contributed by atoms with van der Waals surface area (Å²) >= 11 is 0. The second-order valence-corrected chi connectivity index (χ2v) is 4.70. The molecule has 0 aliphatic carbocycles. The highest BCUT2D eigenvalue weighted by atomic mass is 16.3. The third kappa shape index (κ3) is 2.71. The third-order valence-electron chi connectivity index (χ3n) is 3.05. The standard InChI is InChI=1S/C14H18N2O2/c1-3-16-10-11(9-15-16)8-14(2,18)12-4-6-13(17)7-5-12/h4-7,9-10,17-18H,3,8H2,1-2H3. The lowest BCUT2D eigenvalue weighted by atomic mass is 9.90. The Labute approximate surface area is 107 Å². The van der Waals surface area contributed by atoms with E-state index in [1.807, 2.05) is 17.8 Å². The highest BCUT2D eigenvalue weighted by molar-refractivity contribution is 5.30. The Morgan fingerprint density at radius 2 is 1.94 bits per heavy atom. The van der Waals surface area contributed by atoms with Gasteiger partial charge in [-0.2, -0.15) is 5.10 Å². The molecule has 1 aromatic heterocycles. The van der Waals surface area contributed by atoms with Crippen molar-refractivity contribution < 1.29 is 10.2 Å². The maximum Gasteiger partial charge on any atom is 0.115 e. The van der Waals surface area contributed by atoms with Crippen molar-refractivity contribution >= 4 is 0 Å². The fourth-order valence-electron chi connectivity index (χ4n) is 1.99. The lowest BCUT2D eigenvalue weighted by molar-refractivity contribution is 0.0576. The van der Waals surface area contributed by atoms with Crippen molar-refractivity contribution in [3.63, 3.8) is 0 Å². The molecule has 0 aliphatic heterocycles. The van der Waals surface area contributed by atoms with Crippen molar-refractivity contribution in [2.45, 2.75) is 32.4 Å². The molecular weight excluding hydrogens is 228 g/mol. The topological polar surface area (TPSA) is 58.3 Å². The van der Waals surface area contributed by atoms with Crippen LogP contribution in [0.15, 0.2) is 36.7 Å². The molecule has 0 amide bonds. The number of hydrogen-bond acceptors (Lipinski definition) is 3. The van der Waals surface area contributed by atoms with E-state index in [4.69, 9.17) is 0 Å². The minimum Gasteiger partial charge on any atom is -0.508 e. The molecule has 0 aliphatic rings. The molecule has 18 heavy (non-hydrogen) atoms. The van der Waals surface area contributed by atoms with Gasteiger partial charge in [-0.3, -0.25) is 4.68 Å². The lowest BCUT2D eigenvalue weighted by Gasteiger charge is -2.23. The zero-order valence-electron chi connectivity index (χ0n) is 10.7. The molecule has 96 valence electrons. The predicted molar refractivity (Wildman–Crippen MR) is 69.3 cm³/mol. The van der Waals surface area contributed by atoms with Crippen LogP contribution in [0, 0.1) is 0 Å². The van der Waals surface area contributed by atoms with Gasteiger partial charge in [-0.05, 0) is 37.1 Å². The maximum absolute atomic E-state index is 10.5. The molecule has 0 fully saturated rings. The predicted octanol–water partition coefficient (Wildman–Crippen LogP) is 2.06. The molecule has 1 atom stereocenters. The van der Waals surface area contributed by atoms with Crippen molar-refractivity contribution in [1.82, 2.24) is 9.78 Å². The van der Waals surface area contributed by atoms with Gasteiger partial charge in [0.1, 0.15) is 5.75 Å². The first-order chi connectivity index (χ1) is 8.51. The molecule has 4 heteroatoms. The summed E-state index contributed by atoms with van der Waals surface area (Å²) in [4.78, 5) is 0. The summed E-state index contributed by atoms with van der Waals surface area (Å²) in [6.07, 6.45) is 4.21. The summed E-state index contributed by atoms with van der Waals surface area (Å²) in [7, 11) is 0. The van der Waals surface area contributed by atoms with Gasteiger partial charge in [0, 0.05) is 19.2 Å². The van der Waals surface area contributed by atoms with E-state index in [9.17, 15) is 10.2 Å². The SMILES string of the molecule is CCn1cc(CC(C)(O)c2ccc(O)cc2)cn1. The molecule has 0 saturated heterocycles. The Morgan fingerprint density at radius 1 is 1.28 bits per heavy atom. The normalized spacial score (nSPS) is 14.4. The van der Waals surface area contributed by atoms with E-state index in [2.05, 4.69) is 5.10 Å². The van der Waals surface area contributed by atoms with E-state index in [0.717, 1.165) is 17.7 Å². The third-order valence-corrected chi connectivity index (χ3v) is 3.05. The number of aromatic nitrogens is 2. The van der Waals surface area contributed by atoms with Gasteiger partial charge in [-0.15, -0.1) is 0 Å². The molecule has 0 saturated carbocycles. The van der Waals surface area contributed by atoms with E-state index in [1.54, 1.807) is 37.4 Å². The smallest absolute Gasteiger partial charge is 0.115 e. The van der Waals surface area contributed by atoms with E-state index in [1.165, 1.54) is 0 Å². The van der Waals surface area contributed by atoms with Gasteiger partial charge >= 0.3 is 0 Å². The van der Waals surface area contributed by atoms with Crippen LogP contribution in [0.3, 0.4) is 0 Å². The summed E-state index contributed by atoms with van der Waals surface area (Å²) in [5, 5.41) is 23.9. The first-order valence-electron chi connectivity index (χ1n) is 6.04. The monoisotopic (exact) mass is 246 g/mol. The number of hydrogen-bond donors (Lipinski definition) is 2. The Morgan fingerprint density at radius 3 is 2.50 bits per heavy atom. The van der Waals surface area contributed by atoms with Crippen LogP contribution in [-0.4, -0.2) is 20.0 Å². The lowest BCUT2D eigenvalue weighted by Crippen LogP contribution is -2.23. The number of phenols is 1. The molecule has 2 N–H and O–H groups in total. The molecule has 1 heterocycles.